The molecule has 0 atom stereocenters. The molecular weight excluding hydrogens is 312 g/mol. The van der Waals surface area contributed by atoms with E-state index >= 15 is 0 Å². The van der Waals surface area contributed by atoms with Crippen LogP contribution in [0.2, 0.25) is 0 Å². The Morgan fingerprint density at radius 3 is 1.69 bits per heavy atom. The summed E-state index contributed by atoms with van der Waals surface area (Å²) >= 11 is 0. The second-order valence-electron chi connectivity index (χ2n) is 5.98. The molecule has 132 valence electrons. The molecule has 0 radical (unpaired) electrons. The van der Waals surface area contributed by atoms with Gasteiger partial charge in [-0.05, 0) is 46.9 Å². The fourth-order valence-corrected chi connectivity index (χ4v) is 2.90. The van der Waals surface area contributed by atoms with Crippen molar-refractivity contribution in [3.05, 3.63) is 108 Å². The first kappa shape index (κ1) is 19.5. The van der Waals surface area contributed by atoms with Crippen LogP contribution >= 0.6 is 0 Å². The molecule has 0 aliphatic heterocycles. The van der Waals surface area contributed by atoms with Crippen LogP contribution in [0.4, 0.5) is 0 Å². The lowest BCUT2D eigenvalue weighted by molar-refractivity contribution is 1.46. The van der Waals surface area contributed by atoms with E-state index in [4.69, 9.17) is 0 Å². The molecule has 0 saturated carbocycles. The summed E-state index contributed by atoms with van der Waals surface area (Å²) in [7, 11) is 0. The van der Waals surface area contributed by atoms with Crippen LogP contribution in [0, 0.1) is 13.8 Å². The van der Waals surface area contributed by atoms with Gasteiger partial charge in [0.1, 0.15) is 0 Å². The molecular formula is C26H28. The third kappa shape index (κ3) is 5.07. The van der Waals surface area contributed by atoms with Crippen molar-refractivity contribution in [1.82, 2.24) is 0 Å². The molecule has 0 aliphatic carbocycles. The first-order valence-corrected chi connectivity index (χ1v) is 9.31. The van der Waals surface area contributed by atoms with Crippen LogP contribution in [0.3, 0.4) is 0 Å². The molecule has 0 bridgehead atoms. The zero-order chi connectivity index (χ0) is 18.8. The fourth-order valence-electron chi connectivity index (χ4n) is 2.90. The predicted molar refractivity (Wildman–Crippen MR) is 117 cm³/mol. The van der Waals surface area contributed by atoms with Crippen LogP contribution in [-0.2, 0) is 0 Å². The predicted octanol–water partition coefficient (Wildman–Crippen LogP) is 7.84. The average Bonchev–Trinajstić information content (AvgIpc) is 2.72. The standard InChI is InChI=1S/C13H12.C11H10.C2H6/c1-11-7-5-6-10-13(11)12-8-3-2-4-9-12;1-9-5-4-7-10-6-2-3-8-11(9)10;1-2/h2-10H,1H3;2-8H,1H3;1-2H3. The van der Waals surface area contributed by atoms with Gasteiger partial charge in [-0.25, -0.2) is 0 Å². The van der Waals surface area contributed by atoms with Crippen molar-refractivity contribution in [2.75, 3.05) is 0 Å². The highest BCUT2D eigenvalue weighted by molar-refractivity contribution is 5.85. The molecule has 4 aromatic rings. The average molecular weight is 341 g/mol. The molecule has 26 heavy (non-hydrogen) atoms. The molecule has 0 unspecified atom stereocenters. The van der Waals surface area contributed by atoms with Crippen LogP contribution in [0.5, 0.6) is 0 Å². The van der Waals surface area contributed by atoms with E-state index in [1.165, 1.54) is 33.0 Å². The highest BCUT2D eigenvalue weighted by Crippen LogP contribution is 2.22. The lowest BCUT2D eigenvalue weighted by Gasteiger charge is -2.04. The van der Waals surface area contributed by atoms with Crippen LogP contribution in [0.15, 0.2) is 97.1 Å². The van der Waals surface area contributed by atoms with Crippen molar-refractivity contribution in [3.63, 3.8) is 0 Å². The van der Waals surface area contributed by atoms with E-state index in [0.29, 0.717) is 0 Å². The number of benzene rings is 4. The van der Waals surface area contributed by atoms with Gasteiger partial charge in [-0.15, -0.1) is 0 Å². The van der Waals surface area contributed by atoms with E-state index in [1.54, 1.807) is 0 Å². The summed E-state index contributed by atoms with van der Waals surface area (Å²) in [4.78, 5) is 0. The Balaban J connectivity index is 0.000000173. The largest absolute Gasteiger partial charge is 0.0683 e. The summed E-state index contributed by atoms with van der Waals surface area (Å²) in [5, 5.41) is 2.68. The second kappa shape index (κ2) is 10.2. The molecule has 0 amide bonds. The topological polar surface area (TPSA) is 0 Å². The first-order valence-electron chi connectivity index (χ1n) is 9.31. The van der Waals surface area contributed by atoms with Gasteiger partial charge in [0, 0.05) is 0 Å². The number of aryl methyl sites for hydroxylation is 2. The summed E-state index contributed by atoms with van der Waals surface area (Å²) in [6.07, 6.45) is 0. The normalized spacial score (nSPS) is 9.54. The minimum absolute atomic E-state index is 1.29. The first-order chi connectivity index (χ1) is 12.8. The summed E-state index contributed by atoms with van der Waals surface area (Å²) < 4.78 is 0. The van der Waals surface area contributed by atoms with Gasteiger partial charge >= 0.3 is 0 Å². The van der Waals surface area contributed by atoms with Gasteiger partial charge in [0.2, 0.25) is 0 Å². The van der Waals surface area contributed by atoms with Gasteiger partial charge in [-0.1, -0.05) is 111 Å². The van der Waals surface area contributed by atoms with E-state index in [9.17, 15) is 0 Å². The van der Waals surface area contributed by atoms with Crippen molar-refractivity contribution in [1.29, 1.82) is 0 Å². The second-order valence-corrected chi connectivity index (χ2v) is 5.98. The maximum atomic E-state index is 2.16. The third-order valence-corrected chi connectivity index (χ3v) is 4.24. The number of rotatable bonds is 1. The molecule has 0 saturated heterocycles. The van der Waals surface area contributed by atoms with E-state index < -0.39 is 0 Å². The molecule has 0 aromatic heterocycles. The Bertz CT molecular complexity index is 915. The summed E-state index contributed by atoms with van der Waals surface area (Å²) in [5.41, 5.74) is 5.29. The SMILES string of the molecule is CC.Cc1cccc2ccccc12.Cc1ccccc1-c1ccccc1. The van der Waals surface area contributed by atoms with E-state index in [1.807, 2.05) is 19.9 Å². The number of fused-ring (bicyclic) bond motifs is 1. The van der Waals surface area contributed by atoms with Crippen molar-refractivity contribution >= 4 is 10.8 Å². The van der Waals surface area contributed by atoms with Crippen LogP contribution in [-0.4, -0.2) is 0 Å². The van der Waals surface area contributed by atoms with Crippen LogP contribution < -0.4 is 0 Å². The quantitative estimate of drug-likeness (QED) is 0.331. The highest BCUT2D eigenvalue weighted by Gasteiger charge is 1.97. The number of hydrogen-bond acceptors (Lipinski definition) is 0. The van der Waals surface area contributed by atoms with E-state index in [-0.39, 0.29) is 0 Å². The van der Waals surface area contributed by atoms with Crippen molar-refractivity contribution in [2.24, 2.45) is 0 Å². The summed E-state index contributed by atoms with van der Waals surface area (Å²) in [6.45, 7) is 8.28. The van der Waals surface area contributed by atoms with Crippen LogP contribution in [0.1, 0.15) is 25.0 Å². The van der Waals surface area contributed by atoms with Gasteiger partial charge < -0.3 is 0 Å². The maximum absolute atomic E-state index is 2.16. The maximum Gasteiger partial charge on any atom is -0.0155 e. The minimum atomic E-state index is 1.29. The van der Waals surface area contributed by atoms with Crippen molar-refractivity contribution < 1.29 is 0 Å². The summed E-state index contributed by atoms with van der Waals surface area (Å²) in [6, 6.07) is 33.7. The highest BCUT2D eigenvalue weighted by atomic mass is 14.0. The molecule has 0 nitrogen and oxygen atoms in total. The molecule has 0 spiro atoms. The van der Waals surface area contributed by atoms with Gasteiger partial charge in [-0.2, -0.15) is 0 Å². The molecule has 4 aromatic carbocycles. The molecule has 0 heteroatoms. The van der Waals surface area contributed by atoms with Crippen molar-refractivity contribution in [2.45, 2.75) is 27.7 Å². The van der Waals surface area contributed by atoms with Gasteiger partial charge in [-0.3, -0.25) is 0 Å². The molecule has 0 aliphatic rings. The Kier molecular flexibility index (Phi) is 7.64. The monoisotopic (exact) mass is 340 g/mol. The molecule has 0 fully saturated rings. The Morgan fingerprint density at radius 2 is 1.00 bits per heavy atom. The molecule has 0 heterocycles. The van der Waals surface area contributed by atoms with Gasteiger partial charge in [0.25, 0.3) is 0 Å². The Morgan fingerprint density at radius 1 is 0.462 bits per heavy atom. The third-order valence-electron chi connectivity index (χ3n) is 4.24. The molecule has 4 rings (SSSR count). The van der Waals surface area contributed by atoms with Crippen LogP contribution in [0.25, 0.3) is 21.9 Å². The smallest absolute Gasteiger partial charge is 0.0155 e. The zero-order valence-corrected chi connectivity index (χ0v) is 16.2. The zero-order valence-electron chi connectivity index (χ0n) is 16.2. The fraction of sp³-hybridized carbons (Fsp3) is 0.154. The van der Waals surface area contributed by atoms with Crippen molar-refractivity contribution in [3.8, 4) is 11.1 Å². The van der Waals surface area contributed by atoms with E-state index in [2.05, 4.69) is 105 Å². The van der Waals surface area contributed by atoms with E-state index in [0.717, 1.165) is 0 Å². The minimum Gasteiger partial charge on any atom is -0.0683 e. The Hall–Kier alpha value is -2.86. The number of hydrogen-bond donors (Lipinski definition) is 0. The molecule has 0 N–H and O–H groups in total. The van der Waals surface area contributed by atoms with Gasteiger partial charge in [0.05, 0.1) is 0 Å². The summed E-state index contributed by atoms with van der Waals surface area (Å²) in [5.74, 6) is 0. The van der Waals surface area contributed by atoms with Gasteiger partial charge in [0.15, 0.2) is 0 Å². The lowest BCUT2D eigenvalue weighted by Crippen LogP contribution is -1.80. The Labute approximate surface area is 158 Å². The lowest BCUT2D eigenvalue weighted by atomic mass is 10.0.